The summed E-state index contributed by atoms with van der Waals surface area (Å²) in [5.74, 6) is -0.683. The zero-order valence-corrected chi connectivity index (χ0v) is 14.0. The second-order valence-electron chi connectivity index (χ2n) is 5.65. The number of hydrogen-bond acceptors (Lipinski definition) is 4. The molecular formula is C16H24N4O3. The Hall–Kier alpha value is -2.41. The Kier molecular flexibility index (Phi) is 7.21. The lowest BCUT2D eigenvalue weighted by Gasteiger charge is -2.16. The van der Waals surface area contributed by atoms with Crippen LogP contribution in [0.5, 0.6) is 0 Å². The monoisotopic (exact) mass is 320 g/mol. The number of hydrogen-bond donors (Lipinski definition) is 2. The summed E-state index contributed by atoms with van der Waals surface area (Å²) in [6.07, 6.45) is 0. The summed E-state index contributed by atoms with van der Waals surface area (Å²) in [6, 6.07) is 7.47. The van der Waals surface area contributed by atoms with E-state index in [1.807, 2.05) is 31.2 Å². The number of aryl methyl sites for hydroxylation is 1. The summed E-state index contributed by atoms with van der Waals surface area (Å²) < 4.78 is 0. The molecule has 0 fully saturated rings. The number of carbonyl (C=O) groups excluding carboxylic acids is 3. The van der Waals surface area contributed by atoms with E-state index in [1.165, 1.54) is 4.90 Å². The van der Waals surface area contributed by atoms with Crippen LogP contribution in [-0.4, -0.2) is 68.3 Å². The number of anilines is 1. The van der Waals surface area contributed by atoms with Gasteiger partial charge in [0.2, 0.25) is 17.7 Å². The minimum Gasteiger partial charge on any atom is -0.347 e. The number of benzene rings is 1. The minimum absolute atomic E-state index is 0.0437. The molecule has 23 heavy (non-hydrogen) atoms. The fourth-order valence-corrected chi connectivity index (χ4v) is 1.77. The van der Waals surface area contributed by atoms with Gasteiger partial charge in [0, 0.05) is 19.8 Å². The predicted molar refractivity (Wildman–Crippen MR) is 89.0 cm³/mol. The lowest BCUT2D eigenvalue weighted by molar-refractivity contribution is -0.131. The van der Waals surface area contributed by atoms with Crippen molar-refractivity contribution in [3.05, 3.63) is 29.8 Å². The molecule has 3 amide bonds. The van der Waals surface area contributed by atoms with Gasteiger partial charge < -0.3 is 15.5 Å². The maximum Gasteiger partial charge on any atom is 0.241 e. The van der Waals surface area contributed by atoms with Gasteiger partial charge in [0.25, 0.3) is 0 Å². The molecule has 7 nitrogen and oxygen atoms in total. The highest BCUT2D eigenvalue weighted by Gasteiger charge is 2.12. The van der Waals surface area contributed by atoms with Crippen LogP contribution in [0.25, 0.3) is 0 Å². The van der Waals surface area contributed by atoms with Crippen molar-refractivity contribution in [2.45, 2.75) is 6.92 Å². The normalized spacial score (nSPS) is 10.3. The molecule has 0 saturated heterocycles. The van der Waals surface area contributed by atoms with Crippen molar-refractivity contribution in [1.29, 1.82) is 0 Å². The minimum atomic E-state index is -0.300. The van der Waals surface area contributed by atoms with Crippen LogP contribution in [0.4, 0.5) is 5.69 Å². The number of nitrogens with zero attached hydrogens (tertiary/aromatic N) is 2. The molecule has 0 unspecified atom stereocenters. The molecule has 0 saturated carbocycles. The summed E-state index contributed by atoms with van der Waals surface area (Å²) in [5, 5.41) is 5.29. The second kappa shape index (κ2) is 8.89. The Bertz CT molecular complexity index is 555. The summed E-state index contributed by atoms with van der Waals surface area (Å²) in [6.45, 7) is 2.05. The Morgan fingerprint density at radius 2 is 1.52 bits per heavy atom. The van der Waals surface area contributed by atoms with E-state index in [0.29, 0.717) is 0 Å². The average Bonchev–Trinajstić information content (AvgIpc) is 2.46. The third-order valence-electron chi connectivity index (χ3n) is 3.10. The molecule has 0 aliphatic carbocycles. The lowest BCUT2D eigenvalue weighted by atomic mass is 10.2. The molecule has 1 rings (SSSR count). The third-order valence-corrected chi connectivity index (χ3v) is 3.10. The molecule has 0 aliphatic heterocycles. The van der Waals surface area contributed by atoms with E-state index in [4.69, 9.17) is 0 Å². The van der Waals surface area contributed by atoms with Gasteiger partial charge in [0.05, 0.1) is 19.6 Å². The maximum absolute atomic E-state index is 11.9. The maximum atomic E-state index is 11.9. The van der Waals surface area contributed by atoms with Crippen molar-refractivity contribution >= 4 is 23.4 Å². The van der Waals surface area contributed by atoms with Gasteiger partial charge in [-0.05, 0) is 26.1 Å². The molecular weight excluding hydrogens is 296 g/mol. The molecule has 1 aromatic carbocycles. The van der Waals surface area contributed by atoms with E-state index in [0.717, 1.165) is 11.3 Å². The SMILES string of the molecule is Cc1ccc(NC(=O)CN(C)CC(=O)NCC(=O)N(C)C)cc1. The number of rotatable bonds is 7. The van der Waals surface area contributed by atoms with Gasteiger partial charge in [-0.1, -0.05) is 17.7 Å². The van der Waals surface area contributed by atoms with E-state index < -0.39 is 0 Å². The zero-order chi connectivity index (χ0) is 17.4. The molecule has 0 heterocycles. The van der Waals surface area contributed by atoms with Crippen molar-refractivity contribution in [2.24, 2.45) is 0 Å². The van der Waals surface area contributed by atoms with Gasteiger partial charge in [-0.15, -0.1) is 0 Å². The molecule has 7 heteroatoms. The first-order valence-electron chi connectivity index (χ1n) is 7.30. The molecule has 126 valence electrons. The third kappa shape index (κ3) is 7.42. The number of carbonyl (C=O) groups is 3. The fraction of sp³-hybridized carbons (Fsp3) is 0.438. The van der Waals surface area contributed by atoms with Crippen LogP contribution < -0.4 is 10.6 Å². The first kappa shape index (κ1) is 18.6. The van der Waals surface area contributed by atoms with Gasteiger partial charge in [0.1, 0.15) is 0 Å². The van der Waals surface area contributed by atoms with Crippen LogP contribution in [0, 0.1) is 6.92 Å². The molecule has 0 radical (unpaired) electrons. The molecule has 0 atom stereocenters. The second-order valence-corrected chi connectivity index (χ2v) is 5.65. The largest absolute Gasteiger partial charge is 0.347 e. The fourth-order valence-electron chi connectivity index (χ4n) is 1.77. The van der Waals surface area contributed by atoms with Gasteiger partial charge in [-0.3, -0.25) is 19.3 Å². The Balaban J connectivity index is 2.33. The summed E-state index contributed by atoms with van der Waals surface area (Å²) in [7, 11) is 4.91. The number of amides is 3. The average molecular weight is 320 g/mol. The van der Waals surface area contributed by atoms with E-state index in [-0.39, 0.29) is 37.4 Å². The Morgan fingerprint density at radius 3 is 2.09 bits per heavy atom. The topological polar surface area (TPSA) is 81.8 Å². The lowest BCUT2D eigenvalue weighted by Crippen LogP contribution is -2.42. The first-order chi connectivity index (χ1) is 10.8. The van der Waals surface area contributed by atoms with Crippen LogP contribution in [0.15, 0.2) is 24.3 Å². The highest BCUT2D eigenvalue weighted by atomic mass is 16.2. The molecule has 0 bridgehead atoms. The summed E-state index contributed by atoms with van der Waals surface area (Å²) in [5.41, 5.74) is 1.83. The van der Waals surface area contributed by atoms with Crippen LogP contribution in [0.3, 0.4) is 0 Å². The molecule has 0 spiro atoms. The van der Waals surface area contributed by atoms with Crippen LogP contribution in [0.2, 0.25) is 0 Å². The van der Waals surface area contributed by atoms with Crippen molar-refractivity contribution in [2.75, 3.05) is 46.1 Å². The van der Waals surface area contributed by atoms with Crippen LogP contribution >= 0.6 is 0 Å². The first-order valence-corrected chi connectivity index (χ1v) is 7.30. The zero-order valence-electron chi connectivity index (χ0n) is 14.0. The van der Waals surface area contributed by atoms with E-state index in [9.17, 15) is 14.4 Å². The van der Waals surface area contributed by atoms with Gasteiger partial charge in [0.15, 0.2) is 0 Å². The van der Waals surface area contributed by atoms with Crippen molar-refractivity contribution < 1.29 is 14.4 Å². The predicted octanol–water partition coefficient (Wildman–Crippen LogP) is 0.0697. The number of nitrogens with one attached hydrogen (secondary N) is 2. The molecule has 0 aromatic heterocycles. The molecule has 2 N–H and O–H groups in total. The summed E-state index contributed by atoms with van der Waals surface area (Å²) in [4.78, 5) is 38.0. The Morgan fingerprint density at radius 1 is 0.957 bits per heavy atom. The van der Waals surface area contributed by atoms with Gasteiger partial charge in [-0.2, -0.15) is 0 Å². The van der Waals surface area contributed by atoms with Crippen LogP contribution in [-0.2, 0) is 14.4 Å². The van der Waals surface area contributed by atoms with E-state index >= 15 is 0 Å². The Labute approximate surface area is 136 Å². The van der Waals surface area contributed by atoms with Crippen LogP contribution in [0.1, 0.15) is 5.56 Å². The van der Waals surface area contributed by atoms with Crippen molar-refractivity contribution in [3.8, 4) is 0 Å². The van der Waals surface area contributed by atoms with E-state index in [2.05, 4.69) is 10.6 Å². The van der Waals surface area contributed by atoms with Crippen molar-refractivity contribution in [3.63, 3.8) is 0 Å². The molecule has 0 aliphatic rings. The van der Waals surface area contributed by atoms with E-state index in [1.54, 1.807) is 26.0 Å². The smallest absolute Gasteiger partial charge is 0.241 e. The standard InChI is InChI=1S/C16H24N4O3/c1-12-5-7-13(8-6-12)18-15(22)11-20(4)10-14(21)17-9-16(23)19(2)3/h5-8H,9-11H2,1-4H3,(H,17,21)(H,18,22). The quantitative estimate of drug-likeness (QED) is 0.745. The van der Waals surface area contributed by atoms with Crippen molar-refractivity contribution in [1.82, 2.24) is 15.1 Å². The highest BCUT2D eigenvalue weighted by molar-refractivity contribution is 5.92. The van der Waals surface area contributed by atoms with Gasteiger partial charge >= 0.3 is 0 Å². The summed E-state index contributed by atoms with van der Waals surface area (Å²) >= 11 is 0. The number of likely N-dealkylation sites (N-methyl/N-ethyl adjacent to an activating group) is 2. The van der Waals surface area contributed by atoms with Gasteiger partial charge in [-0.25, -0.2) is 0 Å². The highest BCUT2D eigenvalue weighted by Crippen LogP contribution is 2.08. The molecule has 1 aromatic rings.